The van der Waals surface area contributed by atoms with Crippen molar-refractivity contribution in [3.8, 4) is 0 Å². The van der Waals surface area contributed by atoms with Crippen LogP contribution in [0.2, 0.25) is 0 Å². The van der Waals surface area contributed by atoms with E-state index < -0.39 is 0 Å². The number of nitrogens with zero attached hydrogens (tertiary/aromatic N) is 5. The van der Waals surface area contributed by atoms with Crippen molar-refractivity contribution in [2.75, 3.05) is 25.0 Å². The van der Waals surface area contributed by atoms with Gasteiger partial charge in [0.05, 0.1) is 12.4 Å². The fourth-order valence-corrected chi connectivity index (χ4v) is 4.01. The van der Waals surface area contributed by atoms with Gasteiger partial charge in [0.1, 0.15) is 5.82 Å². The molecule has 1 saturated carbocycles. The molecule has 0 aromatic carbocycles. The fourth-order valence-electron chi connectivity index (χ4n) is 4.01. The number of amides is 1. The Morgan fingerprint density at radius 2 is 2.22 bits per heavy atom. The van der Waals surface area contributed by atoms with Crippen LogP contribution in [0.15, 0.2) is 35.4 Å². The van der Waals surface area contributed by atoms with Crippen LogP contribution in [0.5, 0.6) is 0 Å². The number of fused-ring (bicyclic) bond motifs is 1. The van der Waals surface area contributed by atoms with Gasteiger partial charge in [-0.1, -0.05) is 5.16 Å². The predicted molar refractivity (Wildman–Crippen MR) is 82.8 cm³/mol. The van der Waals surface area contributed by atoms with Crippen LogP contribution in [0.3, 0.4) is 0 Å². The molecule has 23 heavy (non-hydrogen) atoms. The number of hydrogen-bond donors (Lipinski definition) is 0. The Labute approximate surface area is 134 Å². The second-order valence-electron chi connectivity index (χ2n) is 6.33. The molecule has 0 radical (unpaired) electrons. The molecule has 1 amide bonds. The highest BCUT2D eigenvalue weighted by Gasteiger charge is 2.46. The summed E-state index contributed by atoms with van der Waals surface area (Å²) in [7, 11) is 2.07. The number of rotatable bonds is 3. The minimum atomic E-state index is -0.0576. The van der Waals surface area contributed by atoms with E-state index in [0.717, 1.165) is 31.7 Å². The normalized spacial score (nSPS) is 26.3. The Bertz CT molecular complexity index is 675. The average Bonchev–Trinajstić information content (AvgIpc) is 3.30. The Kier molecular flexibility index (Phi) is 3.48. The van der Waals surface area contributed by atoms with Gasteiger partial charge in [0.15, 0.2) is 0 Å². The van der Waals surface area contributed by atoms with E-state index in [1.54, 1.807) is 24.7 Å². The van der Waals surface area contributed by atoms with Crippen LogP contribution in [0.4, 0.5) is 5.82 Å². The van der Waals surface area contributed by atoms with E-state index in [9.17, 15) is 4.79 Å². The van der Waals surface area contributed by atoms with Crippen molar-refractivity contribution in [1.82, 2.24) is 20.0 Å². The van der Waals surface area contributed by atoms with Crippen molar-refractivity contribution < 1.29 is 9.32 Å². The number of aromatic nitrogens is 3. The van der Waals surface area contributed by atoms with Crippen molar-refractivity contribution in [3.63, 3.8) is 0 Å². The van der Waals surface area contributed by atoms with E-state index in [0.29, 0.717) is 23.6 Å². The van der Waals surface area contributed by atoms with Crippen LogP contribution in [0.1, 0.15) is 23.4 Å². The quantitative estimate of drug-likeness (QED) is 0.854. The van der Waals surface area contributed by atoms with Gasteiger partial charge in [-0.25, -0.2) is 4.98 Å². The molecular formula is C16H19N5O2. The van der Waals surface area contributed by atoms with E-state index in [1.165, 1.54) is 6.20 Å². The maximum atomic E-state index is 12.4. The molecule has 3 atom stereocenters. The molecule has 7 heteroatoms. The van der Waals surface area contributed by atoms with Crippen LogP contribution < -0.4 is 4.90 Å². The fraction of sp³-hybridized carbons (Fsp3) is 0.500. The second-order valence-corrected chi connectivity index (χ2v) is 6.33. The molecule has 4 rings (SSSR count). The van der Waals surface area contributed by atoms with Gasteiger partial charge in [0.25, 0.3) is 5.91 Å². The van der Waals surface area contributed by atoms with Crippen molar-refractivity contribution in [2.24, 2.45) is 11.8 Å². The van der Waals surface area contributed by atoms with Crippen LogP contribution in [-0.2, 0) is 0 Å². The lowest BCUT2D eigenvalue weighted by molar-refractivity contribution is 0.0737. The maximum Gasteiger partial charge on any atom is 0.292 e. The SMILES string of the molecule is CN(c1cnccn1)[C@@H]1CC[C@@H]2CN(C(=O)c3ccno3)C[C@@H]21. The van der Waals surface area contributed by atoms with E-state index in [1.807, 2.05) is 4.90 Å². The molecule has 0 unspecified atom stereocenters. The van der Waals surface area contributed by atoms with E-state index in [-0.39, 0.29) is 5.91 Å². The summed E-state index contributed by atoms with van der Waals surface area (Å²) in [6.45, 7) is 1.56. The number of carbonyl (C=O) groups is 1. The third-order valence-corrected chi connectivity index (χ3v) is 5.16. The third-order valence-electron chi connectivity index (χ3n) is 5.16. The molecule has 2 fully saturated rings. The van der Waals surface area contributed by atoms with E-state index in [2.05, 4.69) is 27.1 Å². The largest absolute Gasteiger partial charge is 0.355 e. The van der Waals surface area contributed by atoms with Crippen molar-refractivity contribution in [2.45, 2.75) is 18.9 Å². The molecule has 0 N–H and O–H groups in total. The molecule has 1 aliphatic heterocycles. The second kappa shape index (κ2) is 5.64. The molecule has 0 bridgehead atoms. The van der Waals surface area contributed by atoms with Gasteiger partial charge in [0.2, 0.25) is 5.76 Å². The molecule has 7 nitrogen and oxygen atoms in total. The zero-order chi connectivity index (χ0) is 15.8. The predicted octanol–water partition coefficient (Wildman–Crippen LogP) is 1.45. The van der Waals surface area contributed by atoms with Crippen molar-refractivity contribution in [1.29, 1.82) is 0 Å². The molecule has 2 aromatic heterocycles. The summed E-state index contributed by atoms with van der Waals surface area (Å²) in [4.78, 5) is 25.1. The van der Waals surface area contributed by atoms with E-state index in [4.69, 9.17) is 4.52 Å². The smallest absolute Gasteiger partial charge is 0.292 e. The number of carbonyl (C=O) groups excluding carboxylic acids is 1. The number of hydrogen-bond acceptors (Lipinski definition) is 6. The van der Waals surface area contributed by atoms with Gasteiger partial charge < -0.3 is 14.3 Å². The Hall–Kier alpha value is -2.44. The van der Waals surface area contributed by atoms with Gasteiger partial charge in [0, 0.05) is 50.6 Å². The Balaban J connectivity index is 1.48. The molecule has 2 aromatic rings. The van der Waals surface area contributed by atoms with Crippen molar-refractivity contribution >= 4 is 11.7 Å². The first-order chi connectivity index (χ1) is 11.2. The van der Waals surface area contributed by atoms with Crippen LogP contribution in [-0.4, -0.2) is 52.1 Å². The zero-order valence-corrected chi connectivity index (χ0v) is 13.0. The average molecular weight is 313 g/mol. The van der Waals surface area contributed by atoms with Gasteiger partial charge in [-0.15, -0.1) is 0 Å². The molecule has 1 saturated heterocycles. The topological polar surface area (TPSA) is 75.4 Å². The molecule has 1 aliphatic carbocycles. The summed E-state index contributed by atoms with van der Waals surface area (Å²) >= 11 is 0. The van der Waals surface area contributed by atoms with Gasteiger partial charge >= 0.3 is 0 Å². The summed E-state index contributed by atoms with van der Waals surface area (Å²) in [6, 6.07) is 2.02. The summed E-state index contributed by atoms with van der Waals surface area (Å²) in [5.41, 5.74) is 0. The lowest BCUT2D eigenvalue weighted by Crippen LogP contribution is -2.39. The Morgan fingerprint density at radius 3 is 2.96 bits per heavy atom. The van der Waals surface area contributed by atoms with Crippen LogP contribution in [0.25, 0.3) is 0 Å². The Morgan fingerprint density at radius 1 is 1.30 bits per heavy atom. The summed E-state index contributed by atoms with van der Waals surface area (Å²) in [5.74, 6) is 2.17. The first-order valence-electron chi connectivity index (χ1n) is 7.93. The minimum Gasteiger partial charge on any atom is -0.355 e. The van der Waals surface area contributed by atoms with Gasteiger partial charge in [-0.3, -0.25) is 9.78 Å². The number of likely N-dealkylation sites (tertiary alicyclic amines) is 1. The van der Waals surface area contributed by atoms with Gasteiger partial charge in [-0.05, 0) is 18.8 Å². The summed E-state index contributed by atoms with van der Waals surface area (Å²) in [6.07, 6.45) is 8.97. The molecule has 120 valence electrons. The first kappa shape index (κ1) is 14.2. The highest BCUT2D eigenvalue weighted by atomic mass is 16.5. The first-order valence-corrected chi connectivity index (χ1v) is 7.93. The van der Waals surface area contributed by atoms with E-state index >= 15 is 0 Å². The highest BCUT2D eigenvalue weighted by Crippen LogP contribution is 2.41. The lowest BCUT2D eigenvalue weighted by atomic mass is 9.97. The standard InChI is InChI=1S/C16H19N5O2/c1-20(15-8-17-6-7-18-15)13-3-2-11-9-21(10-12(11)13)16(22)14-4-5-19-23-14/h4-8,11-13H,2-3,9-10H2,1H3/t11-,12+,13-/m1/s1. The van der Waals surface area contributed by atoms with Crippen LogP contribution >= 0.6 is 0 Å². The maximum absolute atomic E-state index is 12.4. The zero-order valence-electron chi connectivity index (χ0n) is 13.0. The lowest BCUT2D eigenvalue weighted by Gasteiger charge is -2.30. The highest BCUT2D eigenvalue weighted by molar-refractivity contribution is 5.91. The summed E-state index contributed by atoms with van der Waals surface area (Å²) < 4.78 is 5.00. The number of anilines is 1. The van der Waals surface area contributed by atoms with Gasteiger partial charge in [-0.2, -0.15) is 0 Å². The molecule has 2 aliphatic rings. The van der Waals surface area contributed by atoms with Crippen molar-refractivity contribution in [3.05, 3.63) is 36.6 Å². The molecule has 0 spiro atoms. The van der Waals surface area contributed by atoms with Crippen LogP contribution in [0, 0.1) is 11.8 Å². The molecule has 3 heterocycles. The third kappa shape index (κ3) is 2.46. The molecular weight excluding hydrogens is 294 g/mol. The summed E-state index contributed by atoms with van der Waals surface area (Å²) in [5, 5.41) is 3.62. The monoisotopic (exact) mass is 313 g/mol. The minimum absolute atomic E-state index is 0.0576.